The molecule has 1 fully saturated rings. The van der Waals surface area contributed by atoms with E-state index in [1.54, 1.807) is 0 Å². The molecule has 0 aromatic heterocycles. The Morgan fingerprint density at radius 1 is 1.39 bits per heavy atom. The molecule has 1 aromatic rings. The van der Waals surface area contributed by atoms with Gasteiger partial charge in [0.25, 0.3) is 0 Å². The van der Waals surface area contributed by atoms with Crippen LogP contribution in [0.5, 0.6) is 5.75 Å². The number of ether oxygens (including phenoxy) is 2. The smallest absolute Gasteiger partial charge is 0.129 e. The van der Waals surface area contributed by atoms with E-state index in [1.807, 2.05) is 32.3 Å². The Morgan fingerprint density at radius 2 is 2.17 bits per heavy atom. The molecule has 1 aliphatic rings. The molecule has 0 spiro atoms. The van der Waals surface area contributed by atoms with Crippen molar-refractivity contribution in [2.75, 3.05) is 58.5 Å². The minimum absolute atomic E-state index is 0.702. The lowest BCUT2D eigenvalue weighted by Gasteiger charge is -2.26. The fourth-order valence-corrected chi connectivity index (χ4v) is 1.90. The van der Waals surface area contributed by atoms with E-state index in [0.717, 1.165) is 44.3 Å². The molecule has 1 saturated heterocycles. The third-order valence-corrected chi connectivity index (χ3v) is 3.04. The molecule has 99 valence electrons. The Morgan fingerprint density at radius 3 is 2.89 bits per heavy atom. The molecule has 1 heterocycles. The average molecular weight is 249 g/mol. The summed E-state index contributed by atoms with van der Waals surface area (Å²) in [5.74, 6) is 0.814. The Bertz CT molecular complexity index is 363. The van der Waals surface area contributed by atoms with E-state index in [0.29, 0.717) is 6.61 Å². The highest BCUT2D eigenvalue weighted by Gasteiger charge is 2.09. The number of rotatable bonds is 5. The summed E-state index contributed by atoms with van der Waals surface area (Å²) in [5.41, 5.74) is 1.13. The van der Waals surface area contributed by atoms with Gasteiger partial charge in [-0.1, -0.05) is 0 Å². The first-order chi connectivity index (χ1) is 8.75. The summed E-state index contributed by atoms with van der Waals surface area (Å²) >= 11 is 0. The molecule has 0 atom stereocenters. The van der Waals surface area contributed by atoms with Gasteiger partial charge in [-0.15, -0.1) is 0 Å². The topological polar surface area (TPSA) is 24.9 Å². The van der Waals surface area contributed by atoms with Crippen molar-refractivity contribution in [1.29, 1.82) is 0 Å². The van der Waals surface area contributed by atoms with Gasteiger partial charge in [0.15, 0.2) is 0 Å². The van der Waals surface area contributed by atoms with Crippen LogP contribution in [0.3, 0.4) is 0 Å². The average Bonchev–Trinajstić information content (AvgIpc) is 2.40. The van der Waals surface area contributed by atoms with Crippen LogP contribution >= 0.6 is 0 Å². The Labute approximate surface area is 109 Å². The standard InChI is InChI=1S/C14H21N2O2/c1-15(2)13-4-3-5-14(12-13)18-11-8-16-6-9-17-10-7-16/h3-4,12H,6-11H2,1-2H3. The molecular formula is C14H21N2O2. The van der Waals surface area contributed by atoms with Crippen LogP contribution < -0.4 is 9.64 Å². The molecule has 0 bridgehead atoms. The third-order valence-electron chi connectivity index (χ3n) is 3.04. The lowest BCUT2D eigenvalue weighted by molar-refractivity contribution is 0.0322. The summed E-state index contributed by atoms with van der Waals surface area (Å²) in [6.07, 6.45) is 0. The second-order valence-electron chi connectivity index (χ2n) is 4.61. The van der Waals surface area contributed by atoms with Gasteiger partial charge in [0.1, 0.15) is 12.4 Å². The molecule has 1 radical (unpaired) electrons. The van der Waals surface area contributed by atoms with Crippen LogP contribution in [0.1, 0.15) is 0 Å². The predicted molar refractivity (Wildman–Crippen MR) is 72.4 cm³/mol. The summed E-state index contributed by atoms with van der Waals surface area (Å²) in [7, 11) is 4.04. The van der Waals surface area contributed by atoms with Gasteiger partial charge >= 0.3 is 0 Å². The minimum Gasteiger partial charge on any atom is -0.492 e. The van der Waals surface area contributed by atoms with Crippen molar-refractivity contribution in [3.05, 3.63) is 24.3 Å². The monoisotopic (exact) mass is 249 g/mol. The van der Waals surface area contributed by atoms with E-state index >= 15 is 0 Å². The molecule has 2 rings (SSSR count). The highest BCUT2D eigenvalue weighted by Crippen LogP contribution is 2.18. The molecule has 4 nitrogen and oxygen atoms in total. The van der Waals surface area contributed by atoms with E-state index in [9.17, 15) is 0 Å². The van der Waals surface area contributed by atoms with Gasteiger partial charge in [-0.3, -0.25) is 4.90 Å². The van der Waals surface area contributed by atoms with Crippen LogP contribution in [-0.4, -0.2) is 58.5 Å². The van der Waals surface area contributed by atoms with Gasteiger partial charge in [0, 0.05) is 51.5 Å². The van der Waals surface area contributed by atoms with Crippen molar-refractivity contribution in [2.45, 2.75) is 0 Å². The molecule has 1 aromatic carbocycles. The second-order valence-corrected chi connectivity index (χ2v) is 4.61. The summed E-state index contributed by atoms with van der Waals surface area (Å²) in [5, 5.41) is 0. The number of benzene rings is 1. The zero-order valence-corrected chi connectivity index (χ0v) is 11.2. The Hall–Kier alpha value is -1.26. The summed E-state index contributed by atoms with van der Waals surface area (Å²) in [6.45, 7) is 5.33. The third kappa shape index (κ3) is 3.89. The highest BCUT2D eigenvalue weighted by atomic mass is 16.5. The zero-order valence-electron chi connectivity index (χ0n) is 11.2. The van der Waals surface area contributed by atoms with Gasteiger partial charge < -0.3 is 14.4 Å². The Balaban J connectivity index is 1.77. The van der Waals surface area contributed by atoms with Crippen molar-refractivity contribution in [3.8, 4) is 5.75 Å². The number of hydrogen-bond donors (Lipinski definition) is 0. The van der Waals surface area contributed by atoms with Crippen LogP contribution in [-0.2, 0) is 4.74 Å². The first-order valence-corrected chi connectivity index (χ1v) is 6.37. The van der Waals surface area contributed by atoms with E-state index in [-0.39, 0.29) is 0 Å². The van der Waals surface area contributed by atoms with E-state index in [4.69, 9.17) is 9.47 Å². The van der Waals surface area contributed by atoms with Crippen LogP contribution in [0.4, 0.5) is 5.69 Å². The fraction of sp³-hybridized carbons (Fsp3) is 0.571. The molecule has 0 aliphatic carbocycles. The van der Waals surface area contributed by atoms with Gasteiger partial charge in [-0.25, -0.2) is 0 Å². The van der Waals surface area contributed by atoms with E-state index in [2.05, 4.69) is 15.9 Å². The van der Waals surface area contributed by atoms with Gasteiger partial charge in [0.2, 0.25) is 0 Å². The van der Waals surface area contributed by atoms with Crippen molar-refractivity contribution < 1.29 is 9.47 Å². The maximum absolute atomic E-state index is 5.73. The maximum Gasteiger partial charge on any atom is 0.129 e. The molecule has 1 aliphatic heterocycles. The lowest BCUT2D eigenvalue weighted by Crippen LogP contribution is -2.38. The zero-order chi connectivity index (χ0) is 12.8. The SMILES string of the molecule is CN(C)c1cc[c]c(OCCN2CCOCC2)c1. The number of nitrogens with zero attached hydrogens (tertiary/aromatic N) is 2. The largest absolute Gasteiger partial charge is 0.492 e. The first kappa shape index (κ1) is 13.2. The van der Waals surface area contributed by atoms with Crippen LogP contribution in [0, 0.1) is 6.07 Å². The van der Waals surface area contributed by atoms with Crippen LogP contribution in [0.25, 0.3) is 0 Å². The minimum atomic E-state index is 0.702. The molecule has 0 amide bonds. The molecular weight excluding hydrogens is 228 g/mol. The fourth-order valence-electron chi connectivity index (χ4n) is 1.90. The molecule has 0 saturated carbocycles. The maximum atomic E-state index is 5.73. The van der Waals surface area contributed by atoms with Crippen molar-refractivity contribution in [3.63, 3.8) is 0 Å². The summed E-state index contributed by atoms with van der Waals surface area (Å²) in [4.78, 5) is 4.42. The van der Waals surface area contributed by atoms with Gasteiger partial charge in [0.05, 0.1) is 13.2 Å². The van der Waals surface area contributed by atoms with E-state index < -0.39 is 0 Å². The van der Waals surface area contributed by atoms with Crippen LogP contribution in [0.2, 0.25) is 0 Å². The lowest BCUT2D eigenvalue weighted by atomic mass is 10.3. The van der Waals surface area contributed by atoms with E-state index in [1.165, 1.54) is 0 Å². The first-order valence-electron chi connectivity index (χ1n) is 6.37. The normalized spacial score (nSPS) is 16.6. The number of morpholine rings is 1. The predicted octanol–water partition coefficient (Wildman–Crippen LogP) is 1.26. The number of anilines is 1. The summed E-state index contributed by atoms with van der Waals surface area (Å²) < 4.78 is 11.0. The molecule has 4 heteroatoms. The van der Waals surface area contributed by atoms with Crippen LogP contribution in [0.15, 0.2) is 18.2 Å². The van der Waals surface area contributed by atoms with Crippen molar-refractivity contribution >= 4 is 5.69 Å². The highest BCUT2D eigenvalue weighted by molar-refractivity contribution is 5.48. The quantitative estimate of drug-likeness (QED) is 0.784. The van der Waals surface area contributed by atoms with Gasteiger partial charge in [-0.2, -0.15) is 0 Å². The number of hydrogen-bond acceptors (Lipinski definition) is 4. The molecule has 0 N–H and O–H groups in total. The van der Waals surface area contributed by atoms with Gasteiger partial charge in [-0.05, 0) is 12.1 Å². The van der Waals surface area contributed by atoms with Crippen molar-refractivity contribution in [1.82, 2.24) is 4.90 Å². The molecule has 0 unspecified atom stereocenters. The summed E-state index contributed by atoms with van der Waals surface area (Å²) in [6, 6.07) is 9.05. The second kappa shape index (κ2) is 6.61. The Kier molecular flexibility index (Phi) is 4.84. The van der Waals surface area contributed by atoms with Crippen molar-refractivity contribution in [2.24, 2.45) is 0 Å². The molecule has 18 heavy (non-hydrogen) atoms.